The summed E-state index contributed by atoms with van der Waals surface area (Å²) in [6.45, 7) is 1.09. The molecule has 2 amide bonds. The van der Waals surface area contributed by atoms with Crippen LogP contribution in [0.2, 0.25) is 0 Å². The summed E-state index contributed by atoms with van der Waals surface area (Å²) in [6.07, 6.45) is 1.85. The van der Waals surface area contributed by atoms with Crippen LogP contribution in [0.15, 0.2) is 71.8 Å². The predicted molar refractivity (Wildman–Crippen MR) is 121 cm³/mol. The number of benzene rings is 2. The summed E-state index contributed by atoms with van der Waals surface area (Å²) in [5.41, 5.74) is 1.50. The summed E-state index contributed by atoms with van der Waals surface area (Å²) in [6, 6.07) is 17.5. The van der Waals surface area contributed by atoms with Gasteiger partial charge in [-0.1, -0.05) is 24.3 Å². The van der Waals surface area contributed by atoms with Crippen LogP contribution < -0.4 is 5.32 Å². The van der Waals surface area contributed by atoms with Gasteiger partial charge in [0.1, 0.15) is 0 Å². The number of carbonyl (C=O) groups is 2. The van der Waals surface area contributed by atoms with Gasteiger partial charge in [0.15, 0.2) is 0 Å². The van der Waals surface area contributed by atoms with E-state index in [1.54, 1.807) is 47.5 Å². The zero-order chi connectivity index (χ0) is 22.6. The Morgan fingerprint density at radius 2 is 1.66 bits per heavy atom. The van der Waals surface area contributed by atoms with Crippen molar-refractivity contribution < 1.29 is 18.0 Å². The molecule has 8 nitrogen and oxygen atoms in total. The third-order valence-electron chi connectivity index (χ3n) is 5.43. The molecule has 3 aromatic rings. The van der Waals surface area contributed by atoms with Gasteiger partial charge in [-0.05, 0) is 36.4 Å². The molecule has 1 saturated heterocycles. The van der Waals surface area contributed by atoms with E-state index in [1.165, 1.54) is 4.31 Å². The lowest BCUT2D eigenvalue weighted by atomic mass is 10.2. The van der Waals surface area contributed by atoms with Gasteiger partial charge in [-0.15, -0.1) is 0 Å². The highest BCUT2D eigenvalue weighted by atomic mass is 32.2. The highest BCUT2D eigenvalue weighted by Crippen LogP contribution is 2.19. The molecule has 0 unspecified atom stereocenters. The van der Waals surface area contributed by atoms with Crippen molar-refractivity contribution >= 4 is 38.4 Å². The summed E-state index contributed by atoms with van der Waals surface area (Å²) < 4.78 is 26.8. The topological polar surface area (TPSA) is 99.7 Å². The van der Waals surface area contributed by atoms with Crippen LogP contribution in [0.4, 0.5) is 5.69 Å². The monoisotopic (exact) mass is 452 g/mol. The number of hydrogen-bond acceptors (Lipinski definition) is 5. The lowest BCUT2D eigenvalue weighted by Gasteiger charge is -2.34. The number of rotatable bonds is 6. The number of fused-ring (bicyclic) bond motifs is 1. The van der Waals surface area contributed by atoms with E-state index in [9.17, 15) is 18.0 Å². The standard InChI is InChI=1S/C23H24N4O4S/c28-22(25-19-8-9-21-18(17-19)5-4-12-24-21)10-11-23(29)26-13-15-27(16-14-26)32(30,31)20-6-2-1-3-7-20/h1-9,12,17H,10-11,13-16H2,(H,25,28). The maximum atomic E-state index is 12.7. The second-order valence-electron chi connectivity index (χ2n) is 7.56. The molecule has 32 heavy (non-hydrogen) atoms. The van der Waals surface area contributed by atoms with Crippen LogP contribution in [0.25, 0.3) is 10.9 Å². The molecule has 2 heterocycles. The molecule has 1 aliphatic rings. The van der Waals surface area contributed by atoms with Crippen LogP contribution in [0.5, 0.6) is 0 Å². The summed E-state index contributed by atoms with van der Waals surface area (Å²) in [5.74, 6) is -0.397. The van der Waals surface area contributed by atoms with Crippen LogP contribution in [-0.4, -0.2) is 60.6 Å². The number of hydrogen-bond donors (Lipinski definition) is 1. The molecule has 0 bridgehead atoms. The van der Waals surface area contributed by atoms with Gasteiger partial charge in [-0.3, -0.25) is 14.6 Å². The molecule has 0 atom stereocenters. The van der Waals surface area contributed by atoms with Gasteiger partial charge in [-0.2, -0.15) is 4.31 Å². The van der Waals surface area contributed by atoms with E-state index in [1.807, 2.05) is 24.3 Å². The van der Waals surface area contributed by atoms with Crippen LogP contribution in [0, 0.1) is 0 Å². The Labute approximate surface area is 186 Å². The molecule has 1 aromatic heterocycles. The van der Waals surface area contributed by atoms with Crippen molar-refractivity contribution in [2.75, 3.05) is 31.5 Å². The first-order valence-electron chi connectivity index (χ1n) is 10.4. The highest BCUT2D eigenvalue weighted by Gasteiger charge is 2.29. The summed E-state index contributed by atoms with van der Waals surface area (Å²) >= 11 is 0. The van der Waals surface area contributed by atoms with Gasteiger partial charge < -0.3 is 10.2 Å². The van der Waals surface area contributed by atoms with Crippen LogP contribution in [-0.2, 0) is 19.6 Å². The largest absolute Gasteiger partial charge is 0.340 e. The van der Waals surface area contributed by atoms with Gasteiger partial charge in [0.05, 0.1) is 10.4 Å². The van der Waals surface area contributed by atoms with Gasteiger partial charge >= 0.3 is 0 Å². The fourth-order valence-electron chi connectivity index (χ4n) is 3.67. The third-order valence-corrected chi connectivity index (χ3v) is 7.34. The van der Waals surface area contributed by atoms with Crippen LogP contribution >= 0.6 is 0 Å². The number of nitrogens with zero attached hydrogens (tertiary/aromatic N) is 3. The Hall–Kier alpha value is -3.30. The Bertz CT molecular complexity index is 1220. The Morgan fingerprint density at radius 1 is 0.906 bits per heavy atom. The summed E-state index contributed by atoms with van der Waals surface area (Å²) in [4.78, 5) is 30.9. The smallest absolute Gasteiger partial charge is 0.243 e. The van der Waals surface area contributed by atoms with E-state index in [0.29, 0.717) is 18.8 Å². The van der Waals surface area contributed by atoms with Crippen molar-refractivity contribution in [3.8, 4) is 0 Å². The lowest BCUT2D eigenvalue weighted by molar-refractivity contribution is -0.133. The molecule has 1 fully saturated rings. The quantitative estimate of drug-likeness (QED) is 0.619. The van der Waals surface area contributed by atoms with Crippen LogP contribution in [0.3, 0.4) is 0 Å². The first kappa shape index (κ1) is 21.9. The second-order valence-corrected chi connectivity index (χ2v) is 9.49. The third kappa shape index (κ3) is 4.95. The molecule has 9 heteroatoms. The number of piperazine rings is 1. The van der Waals surface area contributed by atoms with Gasteiger partial charge in [0.2, 0.25) is 21.8 Å². The van der Waals surface area contributed by atoms with E-state index in [0.717, 1.165) is 10.9 Å². The highest BCUT2D eigenvalue weighted by molar-refractivity contribution is 7.89. The Balaban J connectivity index is 1.26. The molecule has 166 valence electrons. The molecule has 0 saturated carbocycles. The van der Waals surface area contributed by atoms with Crippen molar-refractivity contribution in [1.82, 2.24) is 14.2 Å². The molecule has 0 radical (unpaired) electrons. The van der Waals surface area contributed by atoms with Crippen molar-refractivity contribution in [3.05, 3.63) is 66.9 Å². The SMILES string of the molecule is O=C(CCC(=O)N1CCN(S(=O)(=O)c2ccccc2)CC1)Nc1ccc2ncccc2c1. The number of anilines is 1. The van der Waals surface area contributed by atoms with Crippen molar-refractivity contribution in [2.45, 2.75) is 17.7 Å². The van der Waals surface area contributed by atoms with Crippen molar-refractivity contribution in [3.63, 3.8) is 0 Å². The van der Waals surface area contributed by atoms with E-state index in [4.69, 9.17) is 0 Å². The lowest BCUT2D eigenvalue weighted by Crippen LogP contribution is -2.50. The number of carbonyl (C=O) groups excluding carboxylic acids is 2. The fraction of sp³-hybridized carbons (Fsp3) is 0.261. The maximum Gasteiger partial charge on any atom is 0.243 e. The van der Waals surface area contributed by atoms with Crippen molar-refractivity contribution in [2.24, 2.45) is 0 Å². The van der Waals surface area contributed by atoms with Crippen molar-refractivity contribution in [1.29, 1.82) is 0 Å². The molecule has 0 aliphatic carbocycles. The Kier molecular flexibility index (Phi) is 6.48. The molecule has 1 N–H and O–H groups in total. The number of aromatic nitrogens is 1. The minimum absolute atomic E-state index is 0.0619. The van der Waals surface area contributed by atoms with Gasteiger partial charge in [-0.25, -0.2) is 8.42 Å². The number of sulfonamides is 1. The average molecular weight is 453 g/mol. The number of nitrogens with one attached hydrogen (secondary N) is 1. The molecule has 2 aromatic carbocycles. The molecule has 4 rings (SSSR count). The minimum Gasteiger partial charge on any atom is -0.340 e. The normalized spacial score (nSPS) is 14.9. The first-order chi connectivity index (χ1) is 15.4. The molecule has 0 spiro atoms. The average Bonchev–Trinajstić information content (AvgIpc) is 2.83. The predicted octanol–water partition coefficient (Wildman–Crippen LogP) is 2.49. The second kappa shape index (κ2) is 9.46. The zero-order valence-electron chi connectivity index (χ0n) is 17.5. The molecular weight excluding hydrogens is 428 g/mol. The first-order valence-corrected chi connectivity index (χ1v) is 11.8. The fourth-order valence-corrected chi connectivity index (χ4v) is 5.12. The van der Waals surface area contributed by atoms with Crippen LogP contribution in [0.1, 0.15) is 12.8 Å². The summed E-state index contributed by atoms with van der Waals surface area (Å²) in [5, 5.41) is 3.73. The Morgan fingerprint density at radius 3 is 2.41 bits per heavy atom. The van der Waals surface area contributed by atoms with Gasteiger partial charge in [0.25, 0.3) is 0 Å². The number of amides is 2. The van der Waals surface area contributed by atoms with E-state index in [2.05, 4.69) is 10.3 Å². The minimum atomic E-state index is -3.56. The van der Waals surface area contributed by atoms with E-state index < -0.39 is 10.0 Å². The van der Waals surface area contributed by atoms with Gasteiger partial charge in [0, 0.05) is 56.3 Å². The zero-order valence-corrected chi connectivity index (χ0v) is 18.3. The molecule has 1 aliphatic heterocycles. The summed E-state index contributed by atoms with van der Waals surface area (Å²) in [7, 11) is -3.56. The maximum absolute atomic E-state index is 12.7. The number of pyridine rings is 1. The molecular formula is C23H24N4O4S. The van der Waals surface area contributed by atoms with E-state index in [-0.39, 0.29) is 42.6 Å². The van der Waals surface area contributed by atoms with E-state index >= 15 is 0 Å².